The van der Waals surface area contributed by atoms with Crippen molar-refractivity contribution in [3.8, 4) is 17.1 Å². The lowest BCUT2D eigenvalue weighted by Gasteiger charge is -2.35. The highest BCUT2D eigenvalue weighted by molar-refractivity contribution is 7.92. The number of thiophene rings is 1. The predicted molar refractivity (Wildman–Crippen MR) is 156 cm³/mol. The number of nitrogens with zero attached hydrogens (tertiary/aromatic N) is 6. The molecule has 5 heterocycles. The molecule has 3 aromatic heterocycles. The first-order chi connectivity index (χ1) is 19.5. The maximum atomic E-state index is 13.8. The van der Waals surface area contributed by atoms with Crippen LogP contribution in [-0.4, -0.2) is 111 Å². The highest BCUT2D eigenvalue weighted by atomic mass is 32.2. The number of rotatable bonds is 10. The van der Waals surface area contributed by atoms with Crippen LogP contribution in [0.2, 0.25) is 0 Å². The van der Waals surface area contributed by atoms with E-state index < -0.39 is 15.9 Å². The summed E-state index contributed by atoms with van der Waals surface area (Å²) in [5.41, 5.74) is 3.28. The van der Waals surface area contributed by atoms with E-state index >= 15 is 0 Å². The molecule has 0 saturated carbocycles. The van der Waals surface area contributed by atoms with E-state index in [-0.39, 0.29) is 18.1 Å². The molecule has 41 heavy (non-hydrogen) atoms. The number of alkyl halides is 2. The molecule has 11 nitrogen and oxygen atoms in total. The summed E-state index contributed by atoms with van der Waals surface area (Å²) in [6.07, 6.45) is 3.38. The van der Waals surface area contributed by atoms with E-state index in [0.29, 0.717) is 82.3 Å². The summed E-state index contributed by atoms with van der Waals surface area (Å²) in [7, 11) is -2.16. The minimum absolute atomic E-state index is 0.148. The molecule has 3 aromatic rings. The number of pyridine rings is 1. The summed E-state index contributed by atoms with van der Waals surface area (Å²) in [6.45, 7) is 8.34. The van der Waals surface area contributed by atoms with E-state index in [1.165, 1.54) is 18.4 Å². The number of morpholine rings is 1. The van der Waals surface area contributed by atoms with Gasteiger partial charge >= 0.3 is 0 Å². The van der Waals surface area contributed by atoms with E-state index in [1.54, 1.807) is 17.2 Å². The summed E-state index contributed by atoms with van der Waals surface area (Å²) in [6, 6.07) is 1.66. The van der Waals surface area contributed by atoms with Crippen LogP contribution in [0.5, 0.6) is 5.88 Å². The fourth-order valence-corrected chi connectivity index (χ4v) is 6.45. The fourth-order valence-electron chi connectivity index (χ4n) is 4.89. The second kappa shape index (κ2) is 12.1. The van der Waals surface area contributed by atoms with Crippen molar-refractivity contribution in [2.75, 3.05) is 82.0 Å². The van der Waals surface area contributed by atoms with E-state index in [0.717, 1.165) is 22.0 Å². The quantitative estimate of drug-likeness (QED) is 0.345. The van der Waals surface area contributed by atoms with Crippen LogP contribution in [0.25, 0.3) is 21.5 Å². The highest BCUT2D eigenvalue weighted by Crippen LogP contribution is 2.37. The number of ether oxygens (including phenoxy) is 2. The molecule has 0 aliphatic carbocycles. The van der Waals surface area contributed by atoms with Crippen molar-refractivity contribution >= 4 is 43.2 Å². The third-order valence-electron chi connectivity index (χ3n) is 6.98. The summed E-state index contributed by atoms with van der Waals surface area (Å²) >= 11 is 1.51. The highest BCUT2D eigenvalue weighted by Gasteiger charge is 2.30. The second-order valence-electron chi connectivity index (χ2n) is 10.1. The number of fused-ring (bicyclic) bond motifs is 1. The van der Waals surface area contributed by atoms with Gasteiger partial charge in [0.25, 0.3) is 5.92 Å². The van der Waals surface area contributed by atoms with Crippen molar-refractivity contribution in [1.29, 1.82) is 0 Å². The molecule has 0 amide bonds. The Morgan fingerprint density at radius 1 is 1.17 bits per heavy atom. The molecule has 222 valence electrons. The van der Waals surface area contributed by atoms with Crippen molar-refractivity contribution in [3.05, 3.63) is 35.9 Å². The van der Waals surface area contributed by atoms with Crippen LogP contribution >= 0.6 is 11.3 Å². The average molecular weight is 610 g/mol. The molecule has 0 radical (unpaired) electrons. The van der Waals surface area contributed by atoms with Crippen LogP contribution in [-0.2, 0) is 21.3 Å². The number of hydrogen-bond donors (Lipinski definition) is 1. The van der Waals surface area contributed by atoms with Crippen molar-refractivity contribution < 1.29 is 26.7 Å². The lowest BCUT2D eigenvalue weighted by molar-refractivity contribution is -0.00217. The molecule has 15 heteroatoms. The number of aromatic nitrogens is 3. The molecule has 2 aliphatic rings. The Kier molecular flexibility index (Phi) is 8.70. The maximum absolute atomic E-state index is 13.8. The number of methoxy groups -OCH3 is 1. The van der Waals surface area contributed by atoms with E-state index in [4.69, 9.17) is 19.4 Å². The van der Waals surface area contributed by atoms with Gasteiger partial charge in [0.2, 0.25) is 21.9 Å². The zero-order valence-electron chi connectivity index (χ0n) is 23.0. The lowest BCUT2D eigenvalue weighted by atomic mass is 10.1. The van der Waals surface area contributed by atoms with Crippen LogP contribution in [0, 0.1) is 0 Å². The molecular formula is C26H33F2N7O4S2. The summed E-state index contributed by atoms with van der Waals surface area (Å²) in [5, 5.41) is 2.05. The molecule has 2 fully saturated rings. The minimum atomic E-state index is -3.58. The minimum Gasteiger partial charge on any atom is -0.480 e. The number of hydrogen-bond acceptors (Lipinski definition) is 11. The fraction of sp³-hybridized carbons (Fsp3) is 0.500. The van der Waals surface area contributed by atoms with Gasteiger partial charge < -0.3 is 14.4 Å². The topological polar surface area (TPSA) is 113 Å². The van der Waals surface area contributed by atoms with Crippen molar-refractivity contribution in [2.24, 2.45) is 0 Å². The normalized spacial score (nSPS) is 17.6. The first-order valence-electron chi connectivity index (χ1n) is 13.1. The van der Waals surface area contributed by atoms with Crippen molar-refractivity contribution in [2.45, 2.75) is 12.5 Å². The van der Waals surface area contributed by atoms with Gasteiger partial charge in [-0.1, -0.05) is 6.58 Å². The Bertz CT molecular complexity index is 1500. The number of sulfonamides is 1. The zero-order chi connectivity index (χ0) is 29.2. The third-order valence-corrected chi connectivity index (χ3v) is 8.59. The van der Waals surface area contributed by atoms with Crippen LogP contribution in [0.3, 0.4) is 0 Å². The van der Waals surface area contributed by atoms with Crippen LogP contribution in [0.15, 0.2) is 30.3 Å². The van der Waals surface area contributed by atoms with Crippen LogP contribution in [0.1, 0.15) is 5.56 Å². The van der Waals surface area contributed by atoms with E-state index in [2.05, 4.69) is 31.5 Å². The van der Waals surface area contributed by atoms with Gasteiger partial charge in [-0.15, -0.1) is 11.3 Å². The Morgan fingerprint density at radius 3 is 2.54 bits per heavy atom. The smallest absolute Gasteiger partial charge is 0.278 e. The van der Waals surface area contributed by atoms with E-state index in [9.17, 15) is 17.2 Å². The molecule has 2 saturated heterocycles. The summed E-state index contributed by atoms with van der Waals surface area (Å²) in [5.74, 6) is -2.20. The van der Waals surface area contributed by atoms with E-state index in [1.807, 2.05) is 0 Å². The van der Waals surface area contributed by atoms with Gasteiger partial charge in [-0.2, -0.15) is 0 Å². The number of nitrogens with one attached hydrogen (secondary N) is 1. The van der Waals surface area contributed by atoms with Gasteiger partial charge in [-0.05, 0) is 17.5 Å². The van der Waals surface area contributed by atoms with Crippen molar-refractivity contribution in [3.63, 3.8) is 0 Å². The molecular weight excluding hydrogens is 576 g/mol. The standard InChI is InChI=1S/C26H33F2N7O4S2/c1-4-26(27,28)17-34-7-5-33(6-8-34)15-19-16-40-23-21(30-25(31-22(19)23)35-9-11-39-12-10-35)18-13-20(32-41(3,36)37)24(38-2)29-14-18/h4,13-14,16,32H,1,5-12,15,17H2,2-3H3. The number of halogens is 2. The summed E-state index contributed by atoms with van der Waals surface area (Å²) < 4.78 is 65.7. The number of piperazine rings is 1. The molecule has 2 aliphatic heterocycles. The Balaban J connectivity index is 1.48. The maximum Gasteiger partial charge on any atom is 0.278 e. The summed E-state index contributed by atoms with van der Waals surface area (Å²) in [4.78, 5) is 20.3. The monoisotopic (exact) mass is 609 g/mol. The Labute approximate surface area is 241 Å². The Morgan fingerprint density at radius 2 is 1.88 bits per heavy atom. The average Bonchev–Trinajstić information content (AvgIpc) is 3.35. The Hall–Kier alpha value is -2.98. The van der Waals surface area contributed by atoms with Gasteiger partial charge in [0.1, 0.15) is 5.69 Å². The number of anilines is 2. The molecule has 0 unspecified atom stereocenters. The molecule has 0 spiro atoms. The SMILES string of the molecule is C=CC(F)(F)CN1CCN(Cc2csc3c(-c4cnc(OC)c(NS(C)(=O)=O)c4)nc(N4CCOCC4)nc23)CC1. The van der Waals surface area contributed by atoms with Gasteiger partial charge in [-0.3, -0.25) is 14.5 Å². The third kappa shape index (κ3) is 7.09. The van der Waals surface area contributed by atoms with Crippen molar-refractivity contribution in [1.82, 2.24) is 24.8 Å². The van der Waals surface area contributed by atoms with Crippen LogP contribution in [0.4, 0.5) is 20.4 Å². The van der Waals surface area contributed by atoms with Gasteiger partial charge in [-0.25, -0.2) is 32.2 Å². The molecule has 0 atom stereocenters. The molecule has 5 rings (SSSR count). The first kappa shape index (κ1) is 29.5. The zero-order valence-corrected chi connectivity index (χ0v) is 24.6. The van der Waals surface area contributed by atoms with Crippen LogP contribution < -0.4 is 14.4 Å². The van der Waals surface area contributed by atoms with Gasteiger partial charge in [0, 0.05) is 63.1 Å². The first-order valence-corrected chi connectivity index (χ1v) is 15.9. The predicted octanol–water partition coefficient (Wildman–Crippen LogP) is 2.91. The largest absolute Gasteiger partial charge is 0.480 e. The lowest BCUT2D eigenvalue weighted by Crippen LogP contribution is -2.49. The molecule has 1 N–H and O–H groups in total. The van der Waals surface area contributed by atoms with Gasteiger partial charge in [0.15, 0.2) is 0 Å². The van der Waals surface area contributed by atoms with Gasteiger partial charge in [0.05, 0.1) is 49.0 Å². The molecule has 0 bridgehead atoms. The molecule has 0 aromatic carbocycles. The second-order valence-corrected chi connectivity index (χ2v) is 12.7.